The number of carbonyl (C=O) groups is 1. The summed E-state index contributed by atoms with van der Waals surface area (Å²) in [4.78, 5) is 11.3. The van der Waals surface area contributed by atoms with Gasteiger partial charge in [0.15, 0.2) is 0 Å². The smallest absolute Gasteiger partial charge is 0.237 e. The van der Waals surface area contributed by atoms with Crippen LogP contribution in [-0.4, -0.2) is 17.6 Å². The summed E-state index contributed by atoms with van der Waals surface area (Å²) in [5.74, 6) is 0.715. The number of benzene rings is 1. The fraction of sp³-hybridized carbons (Fsp3) is 0.562. The molecule has 0 spiro atoms. The molecule has 0 saturated heterocycles. The highest BCUT2D eigenvalue weighted by Crippen LogP contribution is 2.29. The van der Waals surface area contributed by atoms with Gasteiger partial charge in [-0.15, -0.1) is 0 Å². The maximum atomic E-state index is 11.3. The van der Waals surface area contributed by atoms with Gasteiger partial charge in [-0.25, -0.2) is 0 Å². The summed E-state index contributed by atoms with van der Waals surface area (Å²) >= 11 is 0. The lowest BCUT2D eigenvalue weighted by Gasteiger charge is -2.26. The van der Waals surface area contributed by atoms with Gasteiger partial charge in [-0.3, -0.25) is 4.79 Å². The van der Waals surface area contributed by atoms with Crippen LogP contribution in [-0.2, 0) is 4.79 Å². The third kappa shape index (κ3) is 4.23. The van der Waals surface area contributed by atoms with Crippen LogP contribution in [0.15, 0.2) is 18.2 Å². The van der Waals surface area contributed by atoms with E-state index in [0.717, 1.165) is 16.9 Å². The van der Waals surface area contributed by atoms with Gasteiger partial charge in [0.25, 0.3) is 0 Å². The average Bonchev–Trinajstić information content (AvgIpc) is 2.27. The van der Waals surface area contributed by atoms with Crippen molar-refractivity contribution in [3.63, 3.8) is 0 Å². The van der Waals surface area contributed by atoms with Gasteiger partial charge in [0.2, 0.25) is 5.91 Å². The predicted molar refractivity (Wildman–Crippen MR) is 81.8 cm³/mol. The lowest BCUT2D eigenvalue weighted by Crippen LogP contribution is -2.51. The molecule has 0 fully saturated rings. The molecule has 1 rings (SSSR count). The van der Waals surface area contributed by atoms with E-state index in [1.165, 1.54) is 0 Å². The van der Waals surface area contributed by atoms with E-state index in [4.69, 9.17) is 16.2 Å². The molecule has 1 aromatic carbocycles. The molecule has 4 heteroatoms. The van der Waals surface area contributed by atoms with Crippen LogP contribution in [0.3, 0.4) is 0 Å². The molecule has 0 aliphatic carbocycles. The van der Waals surface area contributed by atoms with Gasteiger partial charge in [0, 0.05) is 6.42 Å². The molecule has 0 saturated carbocycles. The van der Waals surface area contributed by atoms with Gasteiger partial charge in [-0.05, 0) is 43.9 Å². The number of ether oxygens (including phenoxy) is 1. The summed E-state index contributed by atoms with van der Waals surface area (Å²) in [6, 6.07) is 6.17. The minimum Gasteiger partial charge on any atom is -0.490 e. The van der Waals surface area contributed by atoms with Crippen molar-refractivity contribution in [2.45, 2.75) is 58.6 Å². The molecular weight excluding hydrogens is 252 g/mol. The van der Waals surface area contributed by atoms with Crippen molar-refractivity contribution in [1.29, 1.82) is 0 Å². The fourth-order valence-electron chi connectivity index (χ4n) is 2.18. The fourth-order valence-corrected chi connectivity index (χ4v) is 2.18. The molecule has 0 aliphatic heterocycles. The second-order valence-corrected chi connectivity index (χ2v) is 6.11. The molecule has 2 atom stereocenters. The molecule has 1 amide bonds. The Morgan fingerprint density at radius 1 is 1.35 bits per heavy atom. The molecule has 4 N–H and O–H groups in total. The van der Waals surface area contributed by atoms with Crippen LogP contribution >= 0.6 is 0 Å². The third-order valence-corrected chi connectivity index (χ3v) is 3.39. The van der Waals surface area contributed by atoms with Crippen LogP contribution < -0.4 is 16.2 Å². The first-order chi connectivity index (χ1) is 9.13. The van der Waals surface area contributed by atoms with Crippen molar-refractivity contribution < 1.29 is 9.53 Å². The van der Waals surface area contributed by atoms with Gasteiger partial charge in [-0.2, -0.15) is 0 Å². The van der Waals surface area contributed by atoms with E-state index in [0.29, 0.717) is 12.3 Å². The van der Waals surface area contributed by atoms with E-state index < -0.39 is 11.4 Å². The van der Waals surface area contributed by atoms with Crippen molar-refractivity contribution in [2.75, 3.05) is 0 Å². The highest BCUT2D eigenvalue weighted by molar-refractivity contribution is 5.83. The number of hydrogen-bond donors (Lipinski definition) is 2. The number of rotatable bonds is 6. The van der Waals surface area contributed by atoms with E-state index in [1.54, 1.807) is 6.92 Å². The molecule has 4 nitrogen and oxygen atoms in total. The summed E-state index contributed by atoms with van der Waals surface area (Å²) < 4.78 is 5.99. The summed E-state index contributed by atoms with van der Waals surface area (Å²) in [7, 11) is 0. The molecule has 2 unspecified atom stereocenters. The Hall–Kier alpha value is -1.55. The Kier molecular flexibility index (Phi) is 5.17. The standard InChI is InChI=1S/C16H26N2O2/c1-10(2)13-7-6-11(3)8-14(13)20-12(4)9-16(5,18)15(17)19/h6-8,10,12H,9,18H2,1-5H3,(H2,17,19). The predicted octanol–water partition coefficient (Wildman–Crippen LogP) is 2.48. The summed E-state index contributed by atoms with van der Waals surface area (Å²) in [6.07, 6.45) is 0.199. The number of nitrogens with two attached hydrogens (primary N) is 2. The Balaban J connectivity index is 2.88. The topological polar surface area (TPSA) is 78.3 Å². The number of hydrogen-bond acceptors (Lipinski definition) is 3. The Labute approximate surface area is 121 Å². The number of primary amides is 1. The minimum atomic E-state index is -1.05. The van der Waals surface area contributed by atoms with Gasteiger partial charge < -0.3 is 16.2 Å². The molecule has 0 aromatic heterocycles. The van der Waals surface area contributed by atoms with Crippen molar-refractivity contribution in [2.24, 2.45) is 11.5 Å². The molecule has 112 valence electrons. The SMILES string of the molecule is Cc1ccc(C(C)C)c(OC(C)CC(C)(N)C(N)=O)c1. The first kappa shape index (κ1) is 16.5. The number of carbonyl (C=O) groups excluding carboxylic acids is 1. The van der Waals surface area contributed by atoms with Crippen molar-refractivity contribution >= 4 is 5.91 Å². The van der Waals surface area contributed by atoms with Crippen LogP contribution in [0.5, 0.6) is 5.75 Å². The van der Waals surface area contributed by atoms with Crippen LogP contribution in [0.1, 0.15) is 51.2 Å². The molecule has 0 radical (unpaired) electrons. The maximum absolute atomic E-state index is 11.3. The van der Waals surface area contributed by atoms with E-state index in [-0.39, 0.29) is 6.10 Å². The summed E-state index contributed by atoms with van der Waals surface area (Å²) in [6.45, 7) is 9.81. The summed E-state index contributed by atoms with van der Waals surface area (Å²) in [5, 5.41) is 0. The quantitative estimate of drug-likeness (QED) is 0.839. The maximum Gasteiger partial charge on any atom is 0.237 e. The van der Waals surface area contributed by atoms with Crippen molar-refractivity contribution in [1.82, 2.24) is 0 Å². The molecular formula is C16H26N2O2. The summed E-state index contributed by atoms with van der Waals surface area (Å²) in [5.41, 5.74) is 12.4. The molecule has 0 aliphatic rings. The Bertz CT molecular complexity index is 481. The molecule has 1 aromatic rings. The van der Waals surface area contributed by atoms with Crippen LogP contribution in [0.25, 0.3) is 0 Å². The molecule has 20 heavy (non-hydrogen) atoms. The van der Waals surface area contributed by atoms with Crippen molar-refractivity contribution in [3.8, 4) is 5.75 Å². The van der Waals surface area contributed by atoms with E-state index in [1.807, 2.05) is 19.9 Å². The lowest BCUT2D eigenvalue weighted by molar-refractivity contribution is -0.123. The third-order valence-electron chi connectivity index (χ3n) is 3.39. The van der Waals surface area contributed by atoms with Gasteiger partial charge >= 0.3 is 0 Å². The lowest BCUT2D eigenvalue weighted by atomic mass is 9.95. The first-order valence-electron chi connectivity index (χ1n) is 6.99. The van der Waals surface area contributed by atoms with Gasteiger partial charge in [0.05, 0.1) is 11.6 Å². The second-order valence-electron chi connectivity index (χ2n) is 6.11. The number of aryl methyl sites for hydroxylation is 1. The molecule has 0 heterocycles. The minimum absolute atomic E-state index is 0.184. The van der Waals surface area contributed by atoms with Crippen LogP contribution in [0.2, 0.25) is 0 Å². The normalized spacial score (nSPS) is 15.8. The highest BCUT2D eigenvalue weighted by Gasteiger charge is 2.29. The largest absolute Gasteiger partial charge is 0.490 e. The zero-order chi connectivity index (χ0) is 15.5. The zero-order valence-corrected chi connectivity index (χ0v) is 13.1. The van der Waals surface area contributed by atoms with Crippen LogP contribution in [0.4, 0.5) is 0 Å². The van der Waals surface area contributed by atoms with Crippen molar-refractivity contribution in [3.05, 3.63) is 29.3 Å². The molecule has 0 bridgehead atoms. The van der Waals surface area contributed by atoms with Crippen LogP contribution in [0, 0.1) is 6.92 Å². The first-order valence-corrected chi connectivity index (χ1v) is 6.99. The van der Waals surface area contributed by atoms with Gasteiger partial charge in [0.1, 0.15) is 5.75 Å². The Morgan fingerprint density at radius 3 is 2.45 bits per heavy atom. The van der Waals surface area contributed by atoms with E-state index in [2.05, 4.69) is 26.0 Å². The second kappa shape index (κ2) is 6.27. The Morgan fingerprint density at radius 2 is 1.95 bits per heavy atom. The zero-order valence-electron chi connectivity index (χ0n) is 13.1. The number of amides is 1. The highest BCUT2D eigenvalue weighted by atomic mass is 16.5. The van der Waals surface area contributed by atoms with Gasteiger partial charge in [-0.1, -0.05) is 26.0 Å². The average molecular weight is 278 g/mol. The van der Waals surface area contributed by atoms with E-state index in [9.17, 15) is 4.79 Å². The monoisotopic (exact) mass is 278 g/mol. The van der Waals surface area contributed by atoms with E-state index >= 15 is 0 Å².